The molecule has 3 saturated heterocycles. The van der Waals surface area contributed by atoms with Gasteiger partial charge < -0.3 is 33.3 Å². The van der Waals surface area contributed by atoms with Crippen molar-refractivity contribution in [2.75, 3.05) is 21.2 Å². The van der Waals surface area contributed by atoms with E-state index in [4.69, 9.17) is 34.3 Å². The average molecular weight is 736 g/mol. The van der Waals surface area contributed by atoms with E-state index < -0.39 is 102 Å². The van der Waals surface area contributed by atoms with Crippen LogP contribution in [0.5, 0.6) is 0 Å². The highest BCUT2D eigenvalue weighted by Crippen LogP contribution is 2.40. The van der Waals surface area contributed by atoms with Crippen LogP contribution in [0, 0.1) is 17.8 Å². The van der Waals surface area contributed by atoms with E-state index in [2.05, 4.69) is 0 Å². The fourth-order valence-electron chi connectivity index (χ4n) is 7.75. The second-order valence-corrected chi connectivity index (χ2v) is 14.9. The van der Waals surface area contributed by atoms with Gasteiger partial charge in [0.2, 0.25) is 0 Å². The molecule has 2 unspecified atom stereocenters. The van der Waals surface area contributed by atoms with Gasteiger partial charge in [0, 0.05) is 24.9 Å². The molecule has 0 spiro atoms. The molecule has 0 bridgehead atoms. The smallest absolute Gasteiger partial charge is 0.424 e. The third-order valence-electron chi connectivity index (χ3n) is 10.9. The summed E-state index contributed by atoms with van der Waals surface area (Å²) in [6, 6.07) is 6.92. The fraction of sp³-hybridized carbons (Fsp3) is 0.703. The van der Waals surface area contributed by atoms with Crippen molar-refractivity contribution in [2.45, 2.75) is 128 Å². The van der Waals surface area contributed by atoms with Crippen molar-refractivity contribution >= 4 is 29.6 Å². The Morgan fingerprint density at radius 3 is 2.25 bits per heavy atom. The Kier molecular flexibility index (Phi) is 12.9. The number of hydrogen-bond donors (Lipinski definition) is 1. The van der Waals surface area contributed by atoms with Crippen LogP contribution in [0.25, 0.3) is 0 Å². The minimum absolute atomic E-state index is 0.0514. The van der Waals surface area contributed by atoms with Crippen LogP contribution in [0.1, 0.15) is 78.1 Å². The van der Waals surface area contributed by atoms with Crippen molar-refractivity contribution in [1.29, 1.82) is 0 Å². The predicted molar refractivity (Wildman–Crippen MR) is 184 cm³/mol. The molecule has 1 amide bonds. The summed E-state index contributed by atoms with van der Waals surface area (Å²) >= 11 is 0. The number of ketones is 2. The maximum atomic E-state index is 16.6. The molecule has 0 saturated carbocycles. The number of hydrogen-bond acceptors (Lipinski definition) is 13. The van der Waals surface area contributed by atoms with E-state index in [1.807, 2.05) is 25.9 Å². The van der Waals surface area contributed by atoms with Crippen molar-refractivity contribution in [3.8, 4) is 0 Å². The van der Waals surface area contributed by atoms with E-state index in [-0.39, 0.29) is 18.6 Å². The van der Waals surface area contributed by atoms with Crippen LogP contribution in [0.2, 0.25) is 0 Å². The number of carbonyl (C=O) groups is 5. The first-order valence-electron chi connectivity index (χ1n) is 17.8. The second kappa shape index (κ2) is 16.3. The van der Waals surface area contributed by atoms with Crippen LogP contribution in [0.3, 0.4) is 0 Å². The number of nitrogens with zero attached hydrogens (tertiary/aromatic N) is 2. The monoisotopic (exact) mass is 735 g/mol. The highest BCUT2D eigenvalue weighted by Gasteiger charge is 2.57. The maximum Gasteiger partial charge on any atom is 0.424 e. The van der Waals surface area contributed by atoms with Crippen LogP contribution < -0.4 is 5.84 Å². The number of alkyl halides is 1. The summed E-state index contributed by atoms with van der Waals surface area (Å²) in [7, 11) is 5.02. The zero-order valence-corrected chi connectivity index (χ0v) is 31.7. The summed E-state index contributed by atoms with van der Waals surface area (Å²) < 4.78 is 52.7. The van der Waals surface area contributed by atoms with E-state index in [0.717, 1.165) is 11.9 Å². The fourth-order valence-corrected chi connectivity index (χ4v) is 7.75. The molecule has 3 aliphatic rings. The number of ether oxygens (including phenoxy) is 6. The van der Waals surface area contributed by atoms with Crippen LogP contribution >= 0.6 is 0 Å². The lowest BCUT2D eigenvalue weighted by Gasteiger charge is -2.47. The molecule has 4 rings (SSSR count). The number of benzene rings is 1. The van der Waals surface area contributed by atoms with Crippen molar-refractivity contribution in [1.82, 2.24) is 9.91 Å². The minimum Gasteiger partial charge on any atom is -0.456 e. The summed E-state index contributed by atoms with van der Waals surface area (Å²) in [5, 5.41) is 0.783. The molecular weight excluding hydrogens is 681 g/mol. The standard InChI is InChI=1S/C37H54FN3O11/c1-11-25-29-26(41(39)35(46)51-29)21(4)27(42)19(2)18-36(6,47-10)31(22(5)30(43)37(7,38)34(45)49-25)52-33-28(24(40(8)9)17-20(3)48-33)50-32(44)23-15-13-12-14-16-23/h12-16,19-22,24-26,28-29,31,33H,11,17-18,39H2,1-10H3/t19-,20-,21-,22+,24+,25-,26-,28-,29?,31-,33?,36+,37+/m1/s1. The molecule has 290 valence electrons. The topological polar surface area (TPSA) is 173 Å². The number of halogens is 1. The van der Waals surface area contributed by atoms with Gasteiger partial charge in [-0.05, 0) is 66.3 Å². The van der Waals surface area contributed by atoms with Gasteiger partial charge in [-0.25, -0.2) is 29.6 Å². The Morgan fingerprint density at radius 1 is 1.04 bits per heavy atom. The number of esters is 2. The molecule has 2 N–H and O–H groups in total. The van der Waals surface area contributed by atoms with Gasteiger partial charge in [-0.15, -0.1) is 0 Å². The molecule has 3 fully saturated rings. The third kappa shape index (κ3) is 8.18. The average Bonchev–Trinajstić information content (AvgIpc) is 3.41. The van der Waals surface area contributed by atoms with Crippen molar-refractivity contribution in [2.24, 2.45) is 23.6 Å². The zero-order valence-electron chi connectivity index (χ0n) is 31.7. The van der Waals surface area contributed by atoms with Gasteiger partial charge in [0.1, 0.15) is 17.9 Å². The lowest BCUT2D eigenvalue weighted by Crippen LogP contribution is -2.61. The highest BCUT2D eigenvalue weighted by atomic mass is 19.1. The normalized spacial score (nSPS) is 39.4. The largest absolute Gasteiger partial charge is 0.456 e. The van der Waals surface area contributed by atoms with E-state index in [1.165, 1.54) is 14.0 Å². The van der Waals surface area contributed by atoms with Gasteiger partial charge >= 0.3 is 18.0 Å². The number of Topliss-reactive ketones (excluding diaryl/α,β-unsaturated/α-hetero) is 2. The van der Waals surface area contributed by atoms with Gasteiger partial charge in [0.25, 0.3) is 5.67 Å². The summed E-state index contributed by atoms with van der Waals surface area (Å²) in [4.78, 5) is 69.8. The maximum absolute atomic E-state index is 16.6. The molecule has 14 nitrogen and oxygen atoms in total. The number of cyclic esters (lactones) is 1. The molecule has 0 aromatic heterocycles. The number of nitrogens with two attached hydrogens (primary N) is 1. The van der Waals surface area contributed by atoms with Gasteiger partial charge in [-0.2, -0.15) is 0 Å². The van der Waals surface area contributed by atoms with Gasteiger partial charge in [0.05, 0.1) is 29.4 Å². The molecule has 3 aliphatic heterocycles. The minimum atomic E-state index is -3.20. The van der Waals surface area contributed by atoms with Crippen LogP contribution in [-0.2, 0) is 42.8 Å². The number of hydrazine groups is 1. The van der Waals surface area contributed by atoms with Crippen LogP contribution in [0.15, 0.2) is 30.3 Å². The molecule has 0 aliphatic carbocycles. The number of rotatable bonds is 7. The molecule has 1 aromatic carbocycles. The number of carbonyl (C=O) groups excluding carboxylic acids is 5. The number of fused-ring (bicyclic) bond motifs is 1. The predicted octanol–water partition coefficient (Wildman–Crippen LogP) is 3.63. The molecular formula is C37H54FN3O11. The highest BCUT2D eigenvalue weighted by molar-refractivity contribution is 6.07. The Hall–Kier alpha value is -3.50. The summed E-state index contributed by atoms with van der Waals surface area (Å²) in [5.74, 6) is -0.665. The first-order chi connectivity index (χ1) is 24.3. The number of amides is 1. The SMILES string of the molecule is CC[C@H]1OC(=O)[C@@](C)(F)C(=O)[C@H](C)[C@@H](OC2O[C@H](C)C[C@H](N(C)C)[C@H]2OC(=O)c2ccccc2)[C@@](C)(OC)C[C@@H](C)C(=O)[C@H](C)[C@@H]2C1OC(=O)N2N. The van der Waals surface area contributed by atoms with Gasteiger partial charge in [-0.3, -0.25) is 9.59 Å². The third-order valence-corrected chi connectivity index (χ3v) is 10.9. The number of likely N-dealkylation sites (N-methyl/N-ethyl adjacent to an activating group) is 1. The van der Waals surface area contributed by atoms with Crippen LogP contribution in [0.4, 0.5) is 9.18 Å². The Bertz CT molecular complexity index is 1480. The van der Waals surface area contributed by atoms with E-state index in [0.29, 0.717) is 12.0 Å². The van der Waals surface area contributed by atoms with Gasteiger partial charge in [-0.1, -0.05) is 45.9 Å². The van der Waals surface area contributed by atoms with Gasteiger partial charge in [0.15, 0.2) is 24.3 Å². The number of methoxy groups -OCH3 is 1. The molecule has 13 atom stereocenters. The summed E-state index contributed by atoms with van der Waals surface area (Å²) in [5.41, 5.74) is -4.41. The van der Waals surface area contributed by atoms with Crippen molar-refractivity contribution in [3.63, 3.8) is 0 Å². The Morgan fingerprint density at radius 2 is 1.67 bits per heavy atom. The quantitative estimate of drug-likeness (QED) is 0.142. The van der Waals surface area contributed by atoms with E-state index in [9.17, 15) is 24.0 Å². The second-order valence-electron chi connectivity index (χ2n) is 14.9. The summed E-state index contributed by atoms with van der Waals surface area (Å²) in [6.45, 7) is 10.5. The Labute approximate surface area is 304 Å². The van der Waals surface area contributed by atoms with E-state index >= 15 is 4.39 Å². The van der Waals surface area contributed by atoms with Crippen molar-refractivity contribution < 1.29 is 56.8 Å². The molecule has 3 heterocycles. The Balaban J connectivity index is 1.81. The summed E-state index contributed by atoms with van der Waals surface area (Å²) in [6.07, 6.45) is -7.00. The zero-order chi connectivity index (χ0) is 38.9. The molecule has 0 radical (unpaired) electrons. The lowest BCUT2D eigenvalue weighted by atomic mass is 9.75. The lowest BCUT2D eigenvalue weighted by molar-refractivity contribution is -0.294. The molecule has 52 heavy (non-hydrogen) atoms. The first kappa shape index (κ1) is 41.3. The van der Waals surface area contributed by atoms with E-state index in [1.54, 1.807) is 58.0 Å². The molecule has 15 heteroatoms. The first-order valence-corrected chi connectivity index (χ1v) is 17.8. The van der Waals surface area contributed by atoms with Crippen molar-refractivity contribution in [3.05, 3.63) is 35.9 Å². The molecule has 1 aromatic rings. The van der Waals surface area contributed by atoms with Crippen LogP contribution in [-0.4, -0.2) is 121 Å².